The molecule has 3 heterocycles. The van der Waals surface area contributed by atoms with Crippen molar-refractivity contribution in [3.05, 3.63) is 41.8 Å². The summed E-state index contributed by atoms with van der Waals surface area (Å²) in [6.07, 6.45) is 3.54. The smallest absolute Gasteiger partial charge is 0.296 e. The van der Waals surface area contributed by atoms with Crippen molar-refractivity contribution in [2.45, 2.75) is 31.8 Å². The first kappa shape index (κ1) is 19.3. The number of imidazole rings is 1. The Bertz CT molecular complexity index is 1140. The zero-order valence-electron chi connectivity index (χ0n) is 15.9. The molecular weight excluding hydrogens is 388 g/mol. The number of nitrogens with zero attached hydrogens (tertiary/aromatic N) is 5. The number of amides is 2. The monoisotopic (exact) mass is 406 g/mol. The van der Waals surface area contributed by atoms with Crippen molar-refractivity contribution in [3.63, 3.8) is 0 Å². The number of fused-ring (bicyclic) bond motifs is 1. The summed E-state index contributed by atoms with van der Waals surface area (Å²) >= 11 is 0. The Kier molecular flexibility index (Phi) is 5.26. The first-order valence-electron chi connectivity index (χ1n) is 9.44. The number of nitriles is 1. The minimum atomic E-state index is -0.511. The van der Waals surface area contributed by atoms with Crippen molar-refractivity contribution in [1.82, 2.24) is 19.6 Å². The molecule has 30 heavy (non-hydrogen) atoms. The van der Waals surface area contributed by atoms with Crippen molar-refractivity contribution >= 4 is 35.1 Å². The van der Waals surface area contributed by atoms with E-state index in [-0.39, 0.29) is 30.1 Å². The molecule has 10 nitrogen and oxygen atoms in total. The lowest BCUT2D eigenvalue weighted by atomic mass is 10.2. The number of carbonyl (C=O) groups is 3. The Hall–Kier alpha value is -4.00. The first-order valence-corrected chi connectivity index (χ1v) is 9.44. The van der Waals surface area contributed by atoms with E-state index in [9.17, 15) is 14.4 Å². The van der Waals surface area contributed by atoms with Crippen molar-refractivity contribution in [1.29, 1.82) is 5.26 Å². The van der Waals surface area contributed by atoms with Crippen LogP contribution in [0.15, 0.2) is 35.0 Å². The highest BCUT2D eigenvalue weighted by molar-refractivity contribution is 6.02. The highest BCUT2D eigenvalue weighted by Gasteiger charge is 2.30. The number of hydrogen-bond acceptors (Lipinski definition) is 7. The summed E-state index contributed by atoms with van der Waals surface area (Å²) in [5.74, 6) is -0.411. The maximum Gasteiger partial charge on any atom is 0.296 e. The molecule has 152 valence electrons. The van der Waals surface area contributed by atoms with Gasteiger partial charge < -0.3 is 14.0 Å². The highest BCUT2D eigenvalue weighted by atomic mass is 16.5. The standard InChI is InChI=1S/C20H18N6O4/c21-7-5-18(28)25-9-1-2-14(25)11-26-16-4-3-13(12-27)10-15(16)23-20(26)24-19(29)17-6-8-22-30-17/h3-4,6,8,10,12,14H,1-2,5,9,11H2,(H,23,24,29)/t14-/m1/s1. The molecule has 1 fully saturated rings. The largest absolute Gasteiger partial charge is 0.351 e. The van der Waals surface area contributed by atoms with Crippen LogP contribution in [-0.4, -0.2) is 50.3 Å². The van der Waals surface area contributed by atoms with Gasteiger partial charge in [0.2, 0.25) is 17.6 Å². The maximum absolute atomic E-state index is 12.5. The molecule has 1 atom stereocenters. The summed E-state index contributed by atoms with van der Waals surface area (Å²) in [7, 11) is 0. The minimum Gasteiger partial charge on any atom is -0.351 e. The van der Waals surface area contributed by atoms with Gasteiger partial charge in [-0.1, -0.05) is 5.16 Å². The van der Waals surface area contributed by atoms with Gasteiger partial charge >= 0.3 is 0 Å². The van der Waals surface area contributed by atoms with Gasteiger partial charge in [-0.05, 0) is 31.0 Å². The molecule has 1 aromatic carbocycles. The second-order valence-electron chi connectivity index (χ2n) is 6.96. The highest BCUT2D eigenvalue weighted by Crippen LogP contribution is 2.26. The second-order valence-corrected chi connectivity index (χ2v) is 6.96. The van der Waals surface area contributed by atoms with E-state index in [4.69, 9.17) is 9.78 Å². The zero-order valence-corrected chi connectivity index (χ0v) is 15.9. The number of hydrogen-bond donors (Lipinski definition) is 1. The van der Waals surface area contributed by atoms with Crippen molar-refractivity contribution < 1.29 is 18.9 Å². The molecule has 1 saturated heterocycles. The molecule has 3 aromatic rings. The molecule has 0 saturated carbocycles. The predicted molar refractivity (Wildman–Crippen MR) is 105 cm³/mol. The van der Waals surface area contributed by atoms with Crippen LogP contribution >= 0.6 is 0 Å². The number of carbonyl (C=O) groups excluding carboxylic acids is 3. The van der Waals surface area contributed by atoms with E-state index >= 15 is 0 Å². The Labute approximate surface area is 171 Å². The Balaban J connectivity index is 1.69. The van der Waals surface area contributed by atoms with Crippen LogP contribution in [-0.2, 0) is 11.3 Å². The van der Waals surface area contributed by atoms with Crippen LogP contribution in [0.4, 0.5) is 5.95 Å². The van der Waals surface area contributed by atoms with E-state index < -0.39 is 5.91 Å². The zero-order chi connectivity index (χ0) is 21.1. The number of benzene rings is 1. The summed E-state index contributed by atoms with van der Waals surface area (Å²) in [5, 5.41) is 15.1. The van der Waals surface area contributed by atoms with Crippen molar-refractivity contribution in [3.8, 4) is 6.07 Å². The maximum atomic E-state index is 12.5. The number of aromatic nitrogens is 3. The Morgan fingerprint density at radius 3 is 2.97 bits per heavy atom. The fourth-order valence-electron chi connectivity index (χ4n) is 3.73. The molecule has 0 bridgehead atoms. The lowest BCUT2D eigenvalue weighted by Crippen LogP contribution is -2.38. The molecule has 0 radical (unpaired) electrons. The van der Waals surface area contributed by atoms with Gasteiger partial charge in [0.25, 0.3) is 5.91 Å². The Morgan fingerprint density at radius 2 is 2.23 bits per heavy atom. The van der Waals surface area contributed by atoms with Crippen LogP contribution in [0.2, 0.25) is 0 Å². The van der Waals surface area contributed by atoms with Gasteiger partial charge in [0, 0.05) is 30.8 Å². The molecule has 1 aliphatic heterocycles. The molecular formula is C20H18N6O4. The summed E-state index contributed by atoms with van der Waals surface area (Å²) in [4.78, 5) is 42.1. The molecule has 4 rings (SSSR count). The van der Waals surface area contributed by atoms with Crippen LogP contribution in [0.5, 0.6) is 0 Å². The minimum absolute atomic E-state index is 0.0360. The Morgan fingerprint density at radius 1 is 1.37 bits per heavy atom. The van der Waals surface area contributed by atoms with Crippen LogP contribution in [0.25, 0.3) is 11.0 Å². The molecule has 0 aliphatic carbocycles. The van der Waals surface area contributed by atoms with Crippen LogP contribution in [0.3, 0.4) is 0 Å². The summed E-state index contributed by atoms with van der Waals surface area (Å²) in [6.45, 7) is 0.979. The lowest BCUT2D eigenvalue weighted by Gasteiger charge is -2.25. The van der Waals surface area contributed by atoms with E-state index in [1.165, 1.54) is 12.3 Å². The second kappa shape index (κ2) is 8.16. The van der Waals surface area contributed by atoms with Gasteiger partial charge in [-0.3, -0.25) is 19.7 Å². The van der Waals surface area contributed by atoms with E-state index in [1.807, 2.05) is 6.07 Å². The third kappa shape index (κ3) is 3.65. The SMILES string of the molecule is N#CCC(=O)N1CCC[C@@H]1Cn1c(NC(=O)c2ccno2)nc2cc(C=O)ccc21. The molecule has 2 amide bonds. The topological polar surface area (TPSA) is 134 Å². The number of aldehydes is 1. The number of rotatable bonds is 6. The van der Waals surface area contributed by atoms with Gasteiger partial charge in [-0.2, -0.15) is 5.26 Å². The van der Waals surface area contributed by atoms with E-state index in [0.717, 1.165) is 19.1 Å². The summed E-state index contributed by atoms with van der Waals surface area (Å²) in [5.41, 5.74) is 1.72. The summed E-state index contributed by atoms with van der Waals surface area (Å²) in [6, 6.07) is 8.27. The average Bonchev–Trinajstić information content (AvgIpc) is 3.49. The molecule has 0 spiro atoms. The molecule has 0 unspecified atom stereocenters. The van der Waals surface area contributed by atoms with Crippen LogP contribution in [0, 0.1) is 11.3 Å². The van der Waals surface area contributed by atoms with Gasteiger partial charge in [0.05, 0.1) is 23.3 Å². The van der Waals surface area contributed by atoms with E-state index in [2.05, 4.69) is 15.5 Å². The van der Waals surface area contributed by atoms with E-state index in [1.54, 1.807) is 27.7 Å². The van der Waals surface area contributed by atoms with Crippen molar-refractivity contribution in [2.24, 2.45) is 0 Å². The summed E-state index contributed by atoms with van der Waals surface area (Å²) < 4.78 is 6.70. The quantitative estimate of drug-likeness (QED) is 0.619. The first-order chi connectivity index (χ1) is 14.6. The number of likely N-dealkylation sites (tertiary alicyclic amines) is 1. The van der Waals surface area contributed by atoms with Gasteiger partial charge in [0.1, 0.15) is 12.7 Å². The normalized spacial score (nSPS) is 15.8. The molecule has 1 aliphatic rings. The lowest BCUT2D eigenvalue weighted by molar-refractivity contribution is -0.131. The predicted octanol–water partition coefficient (Wildman–Crippen LogP) is 1.99. The number of anilines is 1. The van der Waals surface area contributed by atoms with Crippen LogP contribution < -0.4 is 5.32 Å². The molecule has 2 aromatic heterocycles. The van der Waals surface area contributed by atoms with Gasteiger partial charge in [0.15, 0.2) is 0 Å². The molecule has 1 N–H and O–H groups in total. The van der Waals surface area contributed by atoms with Gasteiger partial charge in [-0.25, -0.2) is 4.98 Å². The average molecular weight is 406 g/mol. The number of nitrogens with one attached hydrogen (secondary N) is 1. The van der Waals surface area contributed by atoms with Crippen molar-refractivity contribution in [2.75, 3.05) is 11.9 Å². The molecule has 10 heteroatoms. The third-order valence-electron chi connectivity index (χ3n) is 5.12. The fraction of sp³-hybridized carbons (Fsp3) is 0.300. The van der Waals surface area contributed by atoms with Gasteiger partial charge in [-0.15, -0.1) is 0 Å². The third-order valence-corrected chi connectivity index (χ3v) is 5.12. The fourth-order valence-corrected chi connectivity index (χ4v) is 3.73. The van der Waals surface area contributed by atoms with Crippen LogP contribution in [0.1, 0.15) is 40.2 Å². The van der Waals surface area contributed by atoms with E-state index in [0.29, 0.717) is 29.7 Å².